The predicted octanol–water partition coefficient (Wildman–Crippen LogP) is -0.185. The third-order valence-electron chi connectivity index (χ3n) is 0.865. The van der Waals surface area contributed by atoms with E-state index >= 15 is 0 Å². The van der Waals surface area contributed by atoms with Crippen LogP contribution in [0, 0.1) is 0 Å². The third-order valence-corrected chi connectivity index (χ3v) is 0.865. The van der Waals surface area contributed by atoms with Gasteiger partial charge >= 0.3 is 11.9 Å². The molecule has 0 saturated carbocycles. The molecule has 0 aromatic carbocycles. The zero-order valence-corrected chi connectivity index (χ0v) is 5.92. The fourth-order valence-electron chi connectivity index (χ4n) is 0.368. The summed E-state index contributed by atoms with van der Waals surface area (Å²) in [6.07, 6.45) is 0.321. The number of carbonyl (C=O) groups is 2. The lowest BCUT2D eigenvalue weighted by Gasteiger charge is -1.97. The minimum atomic E-state index is -0.547. The summed E-state index contributed by atoms with van der Waals surface area (Å²) < 4.78 is 4.28. The van der Waals surface area contributed by atoms with Crippen LogP contribution in [0.2, 0.25) is 0 Å². The lowest BCUT2D eigenvalue weighted by atomic mass is 10.4. The highest BCUT2D eigenvalue weighted by atomic mass is 16.6. The standard InChI is InChI=1S/C6H11NO3/c1-2-5(8)10-6(9)3-4-7/h2-4,7H2,1H3. The van der Waals surface area contributed by atoms with Gasteiger partial charge in [0.25, 0.3) is 0 Å². The van der Waals surface area contributed by atoms with E-state index in [1.165, 1.54) is 0 Å². The van der Waals surface area contributed by atoms with Gasteiger partial charge in [0, 0.05) is 13.0 Å². The van der Waals surface area contributed by atoms with Gasteiger partial charge in [0.05, 0.1) is 6.42 Å². The van der Waals surface area contributed by atoms with Gasteiger partial charge < -0.3 is 10.5 Å². The van der Waals surface area contributed by atoms with Crippen molar-refractivity contribution in [1.29, 1.82) is 0 Å². The molecule has 0 fully saturated rings. The zero-order valence-electron chi connectivity index (χ0n) is 5.92. The Bertz CT molecular complexity index is 133. The van der Waals surface area contributed by atoms with Crippen LogP contribution in [0.15, 0.2) is 0 Å². The van der Waals surface area contributed by atoms with Crippen LogP contribution in [0.5, 0.6) is 0 Å². The summed E-state index contributed by atoms with van der Waals surface area (Å²) in [6, 6.07) is 0. The summed E-state index contributed by atoms with van der Waals surface area (Å²) in [6.45, 7) is 1.84. The highest BCUT2D eigenvalue weighted by Gasteiger charge is 2.05. The minimum absolute atomic E-state index is 0.103. The Morgan fingerprint density at radius 2 is 2.00 bits per heavy atom. The molecule has 58 valence electrons. The summed E-state index contributed by atoms with van der Waals surface area (Å²) in [7, 11) is 0. The average Bonchev–Trinajstić information content (AvgIpc) is 1.88. The summed E-state index contributed by atoms with van der Waals surface area (Å²) in [5.74, 6) is -1.05. The summed E-state index contributed by atoms with van der Waals surface area (Å²) in [5.41, 5.74) is 5.03. The number of hydrogen-bond acceptors (Lipinski definition) is 4. The molecule has 0 amide bonds. The summed E-state index contributed by atoms with van der Waals surface area (Å²) in [4.78, 5) is 20.9. The second-order valence-corrected chi connectivity index (χ2v) is 1.74. The molecule has 0 aliphatic heterocycles. The maximum Gasteiger partial charge on any atom is 0.314 e. The van der Waals surface area contributed by atoms with Gasteiger partial charge in [-0.05, 0) is 0 Å². The van der Waals surface area contributed by atoms with E-state index in [1.54, 1.807) is 6.92 Å². The molecule has 0 saturated heterocycles. The van der Waals surface area contributed by atoms with E-state index in [-0.39, 0.29) is 19.4 Å². The molecule has 4 heteroatoms. The lowest BCUT2D eigenvalue weighted by molar-refractivity contribution is -0.159. The van der Waals surface area contributed by atoms with E-state index in [4.69, 9.17) is 5.73 Å². The van der Waals surface area contributed by atoms with Gasteiger partial charge in [0.15, 0.2) is 0 Å². The number of esters is 2. The molecule has 0 heterocycles. The van der Waals surface area contributed by atoms with E-state index < -0.39 is 11.9 Å². The molecule has 0 radical (unpaired) electrons. The Labute approximate surface area is 59.3 Å². The van der Waals surface area contributed by atoms with E-state index in [2.05, 4.69) is 4.74 Å². The van der Waals surface area contributed by atoms with Gasteiger partial charge in [0.1, 0.15) is 0 Å². The van der Waals surface area contributed by atoms with Crippen LogP contribution in [0.1, 0.15) is 19.8 Å². The van der Waals surface area contributed by atoms with Gasteiger partial charge in [-0.15, -0.1) is 0 Å². The third kappa shape index (κ3) is 4.03. The molecular formula is C6H11NO3. The molecule has 2 N–H and O–H groups in total. The van der Waals surface area contributed by atoms with Crippen LogP contribution >= 0.6 is 0 Å². The number of hydrogen-bond donors (Lipinski definition) is 1. The quantitative estimate of drug-likeness (QED) is 0.441. The van der Waals surface area contributed by atoms with Crippen molar-refractivity contribution in [3.63, 3.8) is 0 Å². The van der Waals surface area contributed by atoms with Crippen molar-refractivity contribution >= 4 is 11.9 Å². The van der Waals surface area contributed by atoms with Crippen LogP contribution in [0.4, 0.5) is 0 Å². The first-order valence-corrected chi connectivity index (χ1v) is 3.14. The maximum atomic E-state index is 10.5. The van der Waals surface area contributed by atoms with Crippen molar-refractivity contribution in [3.05, 3.63) is 0 Å². The van der Waals surface area contributed by atoms with Crippen LogP contribution in [-0.2, 0) is 14.3 Å². The molecule has 0 unspecified atom stereocenters. The maximum absolute atomic E-state index is 10.5. The smallest absolute Gasteiger partial charge is 0.314 e. The average molecular weight is 145 g/mol. The molecule has 0 rings (SSSR count). The minimum Gasteiger partial charge on any atom is -0.393 e. The summed E-state index contributed by atoms with van der Waals surface area (Å²) >= 11 is 0. The fourth-order valence-corrected chi connectivity index (χ4v) is 0.368. The van der Waals surface area contributed by atoms with Crippen LogP contribution in [0.25, 0.3) is 0 Å². The Kier molecular flexibility index (Phi) is 4.49. The molecular weight excluding hydrogens is 134 g/mol. The van der Waals surface area contributed by atoms with Crippen LogP contribution in [-0.4, -0.2) is 18.5 Å². The number of nitrogens with two attached hydrogens (primary N) is 1. The van der Waals surface area contributed by atoms with Gasteiger partial charge in [-0.25, -0.2) is 0 Å². The van der Waals surface area contributed by atoms with Crippen molar-refractivity contribution in [3.8, 4) is 0 Å². The first-order chi connectivity index (χ1) is 4.70. The fraction of sp³-hybridized carbons (Fsp3) is 0.667. The van der Waals surface area contributed by atoms with Crippen molar-refractivity contribution in [1.82, 2.24) is 0 Å². The largest absolute Gasteiger partial charge is 0.393 e. The lowest BCUT2D eigenvalue weighted by Crippen LogP contribution is -2.14. The Morgan fingerprint density at radius 1 is 1.40 bits per heavy atom. The first-order valence-electron chi connectivity index (χ1n) is 3.14. The Balaban J connectivity index is 3.47. The Morgan fingerprint density at radius 3 is 2.40 bits per heavy atom. The van der Waals surface area contributed by atoms with Gasteiger partial charge in [0.2, 0.25) is 0 Å². The Hall–Kier alpha value is -0.900. The first kappa shape index (κ1) is 9.10. The monoisotopic (exact) mass is 145 g/mol. The van der Waals surface area contributed by atoms with Crippen molar-refractivity contribution in [2.45, 2.75) is 19.8 Å². The van der Waals surface area contributed by atoms with E-state index in [0.717, 1.165) is 0 Å². The molecule has 0 atom stereocenters. The van der Waals surface area contributed by atoms with E-state index in [0.29, 0.717) is 0 Å². The van der Waals surface area contributed by atoms with Crippen molar-refractivity contribution in [2.75, 3.05) is 6.54 Å². The number of rotatable bonds is 3. The van der Waals surface area contributed by atoms with Crippen molar-refractivity contribution in [2.24, 2.45) is 5.73 Å². The SMILES string of the molecule is CCC(=O)OC(=O)CCN. The highest BCUT2D eigenvalue weighted by molar-refractivity contribution is 5.85. The second-order valence-electron chi connectivity index (χ2n) is 1.74. The normalized spacial score (nSPS) is 9.00. The summed E-state index contributed by atoms with van der Waals surface area (Å²) in [5, 5.41) is 0. The molecule has 0 bridgehead atoms. The molecule has 0 spiro atoms. The van der Waals surface area contributed by atoms with E-state index in [1.807, 2.05) is 0 Å². The molecule has 0 aromatic heterocycles. The zero-order chi connectivity index (χ0) is 7.98. The number of carbonyl (C=O) groups excluding carboxylic acids is 2. The van der Waals surface area contributed by atoms with Crippen LogP contribution < -0.4 is 5.73 Å². The predicted molar refractivity (Wildman–Crippen MR) is 35.1 cm³/mol. The second kappa shape index (κ2) is 4.93. The van der Waals surface area contributed by atoms with Gasteiger partial charge in [-0.1, -0.05) is 6.92 Å². The van der Waals surface area contributed by atoms with Crippen molar-refractivity contribution < 1.29 is 14.3 Å². The van der Waals surface area contributed by atoms with Gasteiger partial charge in [-0.2, -0.15) is 0 Å². The van der Waals surface area contributed by atoms with Gasteiger partial charge in [-0.3, -0.25) is 9.59 Å². The topological polar surface area (TPSA) is 69.4 Å². The molecule has 10 heavy (non-hydrogen) atoms. The molecule has 4 nitrogen and oxygen atoms in total. The molecule has 0 aliphatic carbocycles. The highest BCUT2D eigenvalue weighted by Crippen LogP contribution is 1.88. The molecule has 0 aliphatic rings. The van der Waals surface area contributed by atoms with E-state index in [9.17, 15) is 9.59 Å². The number of ether oxygens (including phenoxy) is 1. The molecule has 0 aromatic rings. The van der Waals surface area contributed by atoms with Crippen LogP contribution in [0.3, 0.4) is 0 Å².